The van der Waals surface area contributed by atoms with E-state index in [0.717, 1.165) is 31.7 Å². The minimum absolute atomic E-state index is 0.0533. The van der Waals surface area contributed by atoms with Crippen LogP contribution < -0.4 is 5.32 Å². The van der Waals surface area contributed by atoms with Gasteiger partial charge >= 0.3 is 6.18 Å². The smallest absolute Gasteiger partial charge is 0.367 e. The zero-order chi connectivity index (χ0) is 14.8. The second kappa shape index (κ2) is 6.33. The van der Waals surface area contributed by atoms with Crippen LogP contribution in [0, 0.1) is 5.92 Å². The Morgan fingerprint density at radius 1 is 1.40 bits per heavy atom. The molecule has 2 nitrogen and oxygen atoms in total. The van der Waals surface area contributed by atoms with Gasteiger partial charge < -0.3 is 5.32 Å². The van der Waals surface area contributed by atoms with Crippen LogP contribution in [0.4, 0.5) is 19.0 Å². The third kappa shape index (κ3) is 3.87. The number of anilines is 1. The Balaban J connectivity index is 2.16. The van der Waals surface area contributed by atoms with Crippen molar-refractivity contribution in [2.24, 2.45) is 5.92 Å². The van der Waals surface area contributed by atoms with Crippen molar-refractivity contribution in [3.8, 4) is 0 Å². The van der Waals surface area contributed by atoms with Gasteiger partial charge in [-0.1, -0.05) is 26.2 Å². The summed E-state index contributed by atoms with van der Waals surface area (Å²) in [5, 5.41) is 3.00. The van der Waals surface area contributed by atoms with Crippen LogP contribution in [0.2, 0.25) is 0 Å². The van der Waals surface area contributed by atoms with E-state index in [4.69, 9.17) is 0 Å². The largest absolute Gasteiger partial charge is 0.419 e. The summed E-state index contributed by atoms with van der Waals surface area (Å²) in [6, 6.07) is 1.17. The lowest BCUT2D eigenvalue weighted by Crippen LogP contribution is -2.28. The number of aromatic nitrogens is 1. The Morgan fingerprint density at radius 3 is 2.80 bits per heavy atom. The molecule has 0 aliphatic heterocycles. The van der Waals surface area contributed by atoms with E-state index in [1.54, 1.807) is 0 Å². The lowest BCUT2D eigenvalue weighted by Gasteiger charge is -2.30. The molecule has 1 heterocycles. The maximum Gasteiger partial charge on any atom is 0.419 e. The Morgan fingerprint density at radius 2 is 2.15 bits per heavy atom. The molecule has 1 aliphatic carbocycles. The van der Waals surface area contributed by atoms with Crippen molar-refractivity contribution in [2.75, 3.05) is 5.32 Å². The highest BCUT2D eigenvalue weighted by Crippen LogP contribution is 2.37. The van der Waals surface area contributed by atoms with E-state index in [9.17, 15) is 13.2 Å². The number of nitrogens with zero attached hydrogens (tertiary/aromatic N) is 1. The number of pyridine rings is 1. The van der Waals surface area contributed by atoms with Gasteiger partial charge in [0.2, 0.25) is 0 Å². The molecule has 2 atom stereocenters. The molecule has 6 heteroatoms. The van der Waals surface area contributed by atoms with Gasteiger partial charge in [0.15, 0.2) is 0 Å². The van der Waals surface area contributed by atoms with Crippen LogP contribution in [-0.2, 0) is 6.18 Å². The van der Waals surface area contributed by atoms with Crippen molar-refractivity contribution >= 4 is 21.7 Å². The number of hydrogen-bond donors (Lipinski definition) is 1. The number of alkyl halides is 3. The van der Waals surface area contributed by atoms with Crippen LogP contribution >= 0.6 is 15.9 Å². The van der Waals surface area contributed by atoms with Crippen molar-refractivity contribution in [3.63, 3.8) is 0 Å². The minimum atomic E-state index is -4.39. The molecule has 0 saturated heterocycles. The first-order valence-electron chi connectivity index (χ1n) is 6.89. The second-order valence-electron chi connectivity index (χ2n) is 5.33. The molecule has 0 radical (unpaired) electrons. The van der Waals surface area contributed by atoms with Crippen LogP contribution in [0.1, 0.15) is 44.6 Å². The van der Waals surface area contributed by atoms with E-state index in [0.29, 0.717) is 10.4 Å². The maximum absolute atomic E-state index is 13.0. The number of rotatable bonds is 3. The third-order valence-corrected chi connectivity index (χ3v) is 4.29. The molecule has 20 heavy (non-hydrogen) atoms. The lowest BCUT2D eigenvalue weighted by atomic mass is 9.84. The fourth-order valence-corrected chi connectivity index (χ4v) is 3.09. The van der Waals surface area contributed by atoms with E-state index in [1.165, 1.54) is 12.6 Å². The van der Waals surface area contributed by atoms with E-state index < -0.39 is 11.7 Å². The molecule has 2 unspecified atom stereocenters. The van der Waals surface area contributed by atoms with E-state index >= 15 is 0 Å². The Kier molecular flexibility index (Phi) is 4.94. The van der Waals surface area contributed by atoms with E-state index in [2.05, 4.69) is 33.2 Å². The molecular formula is C14H18BrF3N2. The molecule has 1 aromatic rings. The summed E-state index contributed by atoms with van der Waals surface area (Å²) < 4.78 is 39.4. The quantitative estimate of drug-likeness (QED) is 0.805. The molecule has 1 aromatic heterocycles. The summed E-state index contributed by atoms with van der Waals surface area (Å²) in [5.41, 5.74) is -0.703. The number of halogens is 4. The molecule has 1 saturated carbocycles. The van der Waals surface area contributed by atoms with Crippen molar-refractivity contribution in [3.05, 3.63) is 22.3 Å². The second-order valence-corrected chi connectivity index (χ2v) is 6.25. The minimum Gasteiger partial charge on any atom is -0.367 e. The summed E-state index contributed by atoms with van der Waals surface area (Å²) in [5.74, 6) is 0.550. The summed E-state index contributed by atoms with van der Waals surface area (Å²) in [4.78, 5) is 3.91. The average Bonchev–Trinajstić information content (AvgIpc) is 2.40. The van der Waals surface area contributed by atoms with E-state index in [1.807, 2.05) is 0 Å². The fourth-order valence-electron chi connectivity index (χ4n) is 2.76. The number of hydrogen-bond acceptors (Lipinski definition) is 2. The predicted octanol–water partition coefficient (Wildman–Crippen LogP) is 5.24. The first kappa shape index (κ1) is 15.6. The van der Waals surface area contributed by atoms with Gasteiger partial charge in [-0.2, -0.15) is 13.2 Å². The standard InChI is InChI=1S/C14H18BrF3N2/c1-2-9-4-3-5-11(6-9)20-13-12(14(16,17)18)7-10(15)8-19-13/h7-9,11H,2-6H2,1H3,(H,19,20). The monoisotopic (exact) mass is 350 g/mol. The molecule has 1 N–H and O–H groups in total. The Bertz CT molecular complexity index is 462. The van der Waals surface area contributed by atoms with Gasteiger partial charge in [0.25, 0.3) is 0 Å². The van der Waals surface area contributed by atoms with Crippen LogP contribution in [0.3, 0.4) is 0 Å². The van der Waals surface area contributed by atoms with Crippen molar-refractivity contribution in [2.45, 2.75) is 51.2 Å². The summed E-state index contributed by atoms with van der Waals surface area (Å²) in [7, 11) is 0. The predicted molar refractivity (Wildman–Crippen MR) is 76.6 cm³/mol. The molecular weight excluding hydrogens is 333 g/mol. The van der Waals surface area contributed by atoms with Crippen molar-refractivity contribution in [1.29, 1.82) is 0 Å². The first-order chi connectivity index (χ1) is 9.40. The van der Waals surface area contributed by atoms with Gasteiger partial charge in [-0.05, 0) is 40.8 Å². The molecule has 2 rings (SSSR count). The van der Waals surface area contributed by atoms with Gasteiger partial charge in [0.05, 0.1) is 5.56 Å². The third-order valence-electron chi connectivity index (χ3n) is 3.86. The SMILES string of the molecule is CCC1CCCC(Nc2ncc(Br)cc2C(F)(F)F)C1. The average molecular weight is 351 g/mol. The highest BCUT2D eigenvalue weighted by Gasteiger charge is 2.35. The topological polar surface area (TPSA) is 24.9 Å². The first-order valence-corrected chi connectivity index (χ1v) is 7.68. The molecule has 1 aliphatic rings. The van der Waals surface area contributed by atoms with Gasteiger partial charge in [-0.25, -0.2) is 4.98 Å². The summed E-state index contributed by atoms with van der Waals surface area (Å²) in [6.45, 7) is 2.13. The van der Waals surface area contributed by atoms with Gasteiger partial charge in [-0.3, -0.25) is 0 Å². The fraction of sp³-hybridized carbons (Fsp3) is 0.643. The normalized spacial score (nSPS) is 23.6. The molecule has 1 fully saturated rings. The zero-order valence-electron chi connectivity index (χ0n) is 11.3. The lowest BCUT2D eigenvalue weighted by molar-refractivity contribution is -0.137. The molecule has 112 valence electrons. The van der Waals surface area contributed by atoms with Crippen molar-refractivity contribution < 1.29 is 13.2 Å². The molecule has 0 bridgehead atoms. The van der Waals surface area contributed by atoms with Crippen LogP contribution in [0.15, 0.2) is 16.7 Å². The molecule has 0 amide bonds. The molecule has 0 spiro atoms. The van der Waals surface area contributed by atoms with E-state index in [-0.39, 0.29) is 11.9 Å². The van der Waals surface area contributed by atoms with Gasteiger partial charge in [0, 0.05) is 16.7 Å². The van der Waals surface area contributed by atoms with Crippen LogP contribution in [-0.4, -0.2) is 11.0 Å². The highest BCUT2D eigenvalue weighted by molar-refractivity contribution is 9.10. The number of nitrogens with one attached hydrogen (secondary N) is 1. The Labute approximate surface area is 125 Å². The summed E-state index contributed by atoms with van der Waals surface area (Å²) >= 11 is 3.04. The van der Waals surface area contributed by atoms with Crippen LogP contribution in [0.5, 0.6) is 0 Å². The zero-order valence-corrected chi connectivity index (χ0v) is 12.9. The summed E-state index contributed by atoms with van der Waals surface area (Å²) in [6.07, 6.45) is 2.16. The van der Waals surface area contributed by atoms with Gasteiger partial charge in [-0.15, -0.1) is 0 Å². The highest BCUT2D eigenvalue weighted by atomic mass is 79.9. The maximum atomic E-state index is 13.0. The van der Waals surface area contributed by atoms with Crippen molar-refractivity contribution in [1.82, 2.24) is 4.98 Å². The van der Waals surface area contributed by atoms with Gasteiger partial charge in [0.1, 0.15) is 5.82 Å². The molecule has 0 aromatic carbocycles. The van der Waals surface area contributed by atoms with Crippen LogP contribution in [0.25, 0.3) is 0 Å². The Hall–Kier alpha value is -0.780.